The van der Waals surface area contributed by atoms with Crippen molar-refractivity contribution in [3.05, 3.63) is 64.8 Å². The zero-order valence-electron chi connectivity index (χ0n) is 14.2. The maximum absolute atomic E-state index is 5.25. The first kappa shape index (κ1) is 15.8. The van der Waals surface area contributed by atoms with Crippen LogP contribution >= 0.6 is 23.1 Å². The van der Waals surface area contributed by atoms with Crippen LogP contribution in [0.2, 0.25) is 0 Å². The maximum atomic E-state index is 5.25. The van der Waals surface area contributed by atoms with Gasteiger partial charge in [-0.25, -0.2) is 4.98 Å². The summed E-state index contributed by atoms with van der Waals surface area (Å²) in [5.41, 5.74) is 4.50. The number of aryl methyl sites for hydroxylation is 1. The van der Waals surface area contributed by atoms with Crippen LogP contribution in [0.1, 0.15) is 28.9 Å². The predicted octanol–water partition coefficient (Wildman–Crippen LogP) is 4.74. The molecule has 7 heteroatoms. The Kier molecular flexibility index (Phi) is 3.90. The molecule has 1 aromatic carbocycles. The molecule has 1 aliphatic rings. The Morgan fingerprint density at radius 2 is 2.12 bits per heavy atom. The second-order valence-electron chi connectivity index (χ2n) is 6.11. The van der Waals surface area contributed by atoms with Crippen molar-refractivity contribution in [1.82, 2.24) is 19.7 Å². The van der Waals surface area contributed by atoms with Gasteiger partial charge in [-0.05, 0) is 11.6 Å². The SMILES string of the molecule is CCc1nc(-c2ncn3c2CSc2sc(Cc4ccccc4)cc2-3)no1. The topological polar surface area (TPSA) is 56.7 Å². The van der Waals surface area contributed by atoms with Crippen molar-refractivity contribution in [1.29, 1.82) is 0 Å². The standard InChI is InChI=1S/C19H16N4OS2/c1-2-16-21-18(22-24-16)17-15-10-25-19-14(23(15)11-20-17)9-13(26-19)8-12-6-4-3-5-7-12/h3-7,9,11H,2,8,10H2,1H3. The Hall–Kier alpha value is -2.38. The third-order valence-electron chi connectivity index (χ3n) is 4.40. The second kappa shape index (κ2) is 6.41. The molecule has 26 heavy (non-hydrogen) atoms. The minimum absolute atomic E-state index is 0.583. The van der Waals surface area contributed by atoms with Gasteiger partial charge in [0, 0.05) is 23.5 Å². The van der Waals surface area contributed by atoms with E-state index in [1.165, 1.54) is 20.3 Å². The van der Waals surface area contributed by atoms with Crippen LogP contribution in [0, 0.1) is 0 Å². The van der Waals surface area contributed by atoms with Gasteiger partial charge < -0.3 is 4.52 Å². The van der Waals surface area contributed by atoms with E-state index in [1.54, 1.807) is 0 Å². The minimum Gasteiger partial charge on any atom is -0.339 e. The number of rotatable bonds is 4. The summed E-state index contributed by atoms with van der Waals surface area (Å²) in [6.07, 6.45) is 3.57. The molecule has 0 radical (unpaired) electrons. The third-order valence-corrected chi connectivity index (χ3v) is 6.81. The van der Waals surface area contributed by atoms with Crippen molar-refractivity contribution in [2.24, 2.45) is 0 Å². The van der Waals surface area contributed by atoms with Gasteiger partial charge in [0.15, 0.2) is 0 Å². The first-order valence-corrected chi connectivity index (χ1v) is 10.3. The normalized spacial score (nSPS) is 12.8. The van der Waals surface area contributed by atoms with Crippen molar-refractivity contribution in [3.63, 3.8) is 0 Å². The summed E-state index contributed by atoms with van der Waals surface area (Å²) in [5.74, 6) is 2.09. The number of aromatic nitrogens is 4. The molecule has 0 saturated carbocycles. The molecule has 5 rings (SSSR count). The highest BCUT2D eigenvalue weighted by Crippen LogP contribution is 2.43. The summed E-state index contributed by atoms with van der Waals surface area (Å²) < 4.78 is 8.77. The van der Waals surface area contributed by atoms with Crippen molar-refractivity contribution < 1.29 is 4.52 Å². The fourth-order valence-electron chi connectivity index (χ4n) is 3.10. The molecule has 0 saturated heterocycles. The van der Waals surface area contributed by atoms with Gasteiger partial charge in [0.25, 0.3) is 0 Å². The lowest BCUT2D eigenvalue weighted by molar-refractivity contribution is 0.382. The van der Waals surface area contributed by atoms with Crippen LogP contribution in [0.15, 0.2) is 51.5 Å². The highest BCUT2D eigenvalue weighted by atomic mass is 32.2. The molecule has 4 heterocycles. The van der Waals surface area contributed by atoms with Gasteiger partial charge in [-0.1, -0.05) is 42.4 Å². The number of nitrogens with zero attached hydrogens (tertiary/aromatic N) is 4. The zero-order valence-corrected chi connectivity index (χ0v) is 15.8. The van der Waals surface area contributed by atoms with Crippen LogP contribution < -0.4 is 0 Å². The highest BCUT2D eigenvalue weighted by Gasteiger charge is 2.25. The summed E-state index contributed by atoms with van der Waals surface area (Å²) in [7, 11) is 0. The summed E-state index contributed by atoms with van der Waals surface area (Å²) in [4.78, 5) is 10.4. The zero-order chi connectivity index (χ0) is 17.5. The molecule has 0 spiro atoms. The monoisotopic (exact) mass is 380 g/mol. The van der Waals surface area contributed by atoms with E-state index in [0.29, 0.717) is 11.7 Å². The predicted molar refractivity (Wildman–Crippen MR) is 103 cm³/mol. The number of thioether (sulfide) groups is 1. The molecule has 1 aliphatic heterocycles. The molecular weight excluding hydrogens is 364 g/mol. The Labute approximate surface area is 159 Å². The highest BCUT2D eigenvalue weighted by molar-refractivity contribution is 8.00. The van der Waals surface area contributed by atoms with Crippen LogP contribution in [0.4, 0.5) is 0 Å². The fraction of sp³-hybridized carbons (Fsp3) is 0.211. The molecule has 0 unspecified atom stereocenters. The van der Waals surface area contributed by atoms with E-state index < -0.39 is 0 Å². The smallest absolute Gasteiger partial charge is 0.226 e. The molecule has 5 nitrogen and oxygen atoms in total. The van der Waals surface area contributed by atoms with Crippen LogP contribution in [-0.4, -0.2) is 19.7 Å². The lowest BCUT2D eigenvalue weighted by Crippen LogP contribution is -2.03. The van der Waals surface area contributed by atoms with Crippen molar-refractivity contribution in [2.45, 2.75) is 29.7 Å². The lowest BCUT2D eigenvalue weighted by atomic mass is 10.1. The van der Waals surface area contributed by atoms with Gasteiger partial charge in [0.05, 0.1) is 15.6 Å². The number of hydrogen-bond acceptors (Lipinski definition) is 6. The van der Waals surface area contributed by atoms with Crippen molar-refractivity contribution in [3.8, 4) is 17.2 Å². The number of hydrogen-bond donors (Lipinski definition) is 0. The van der Waals surface area contributed by atoms with E-state index in [-0.39, 0.29) is 0 Å². The van der Waals surface area contributed by atoms with E-state index >= 15 is 0 Å². The van der Waals surface area contributed by atoms with Crippen LogP contribution in [0.3, 0.4) is 0 Å². The van der Waals surface area contributed by atoms with Crippen LogP contribution in [0.25, 0.3) is 17.2 Å². The third kappa shape index (κ3) is 2.68. The molecule has 0 atom stereocenters. The van der Waals surface area contributed by atoms with Crippen molar-refractivity contribution in [2.75, 3.05) is 0 Å². The Morgan fingerprint density at radius 1 is 1.23 bits per heavy atom. The van der Waals surface area contributed by atoms with Gasteiger partial charge >= 0.3 is 0 Å². The fourth-order valence-corrected chi connectivity index (χ4v) is 5.59. The van der Waals surface area contributed by atoms with E-state index in [1.807, 2.05) is 36.3 Å². The Bertz CT molecular complexity index is 1060. The quantitative estimate of drug-likeness (QED) is 0.512. The Morgan fingerprint density at radius 3 is 2.92 bits per heavy atom. The lowest BCUT2D eigenvalue weighted by Gasteiger charge is -2.14. The van der Waals surface area contributed by atoms with Crippen LogP contribution in [-0.2, 0) is 18.6 Å². The first-order valence-electron chi connectivity index (χ1n) is 8.51. The summed E-state index contributed by atoms with van der Waals surface area (Å²) in [5, 5.41) is 4.09. The molecule has 130 valence electrons. The number of imidazole rings is 1. The molecular formula is C19H16N4OS2. The second-order valence-corrected chi connectivity index (χ2v) is 8.49. The molecule has 0 fully saturated rings. The molecule has 0 amide bonds. The molecule has 0 N–H and O–H groups in total. The Balaban J connectivity index is 1.50. The number of benzene rings is 1. The molecule has 3 aromatic heterocycles. The molecule has 4 aromatic rings. The maximum Gasteiger partial charge on any atom is 0.226 e. The minimum atomic E-state index is 0.583. The van der Waals surface area contributed by atoms with Gasteiger partial charge in [-0.15, -0.1) is 23.1 Å². The van der Waals surface area contributed by atoms with E-state index in [0.717, 1.165) is 30.0 Å². The molecule has 0 bridgehead atoms. The first-order chi connectivity index (χ1) is 12.8. The summed E-state index contributed by atoms with van der Waals surface area (Å²) in [6, 6.07) is 12.9. The van der Waals surface area contributed by atoms with Gasteiger partial charge in [-0.3, -0.25) is 4.57 Å². The van der Waals surface area contributed by atoms with Crippen molar-refractivity contribution >= 4 is 23.1 Å². The largest absolute Gasteiger partial charge is 0.339 e. The number of thiophene rings is 1. The van der Waals surface area contributed by atoms with E-state index in [9.17, 15) is 0 Å². The summed E-state index contributed by atoms with van der Waals surface area (Å²) >= 11 is 3.73. The average Bonchev–Trinajstić information content (AvgIpc) is 3.38. The molecule has 0 aliphatic carbocycles. The van der Waals surface area contributed by atoms with Gasteiger partial charge in [0.1, 0.15) is 12.0 Å². The van der Waals surface area contributed by atoms with Gasteiger partial charge in [-0.2, -0.15) is 4.98 Å². The average molecular weight is 380 g/mol. The van der Waals surface area contributed by atoms with Gasteiger partial charge in [0.2, 0.25) is 11.7 Å². The van der Waals surface area contributed by atoms with E-state index in [2.05, 4.69) is 56.1 Å². The van der Waals surface area contributed by atoms with E-state index in [4.69, 9.17) is 4.52 Å². The number of fused-ring (bicyclic) bond motifs is 3. The summed E-state index contributed by atoms with van der Waals surface area (Å²) in [6.45, 7) is 2.00. The van der Waals surface area contributed by atoms with Crippen LogP contribution in [0.5, 0.6) is 0 Å².